The number of aliphatic hydroxyl groups is 1. The van der Waals surface area contributed by atoms with E-state index in [0.717, 1.165) is 0 Å². The fraction of sp³-hybridized carbons (Fsp3) is 0.167. The third-order valence-corrected chi connectivity index (χ3v) is 1.46. The summed E-state index contributed by atoms with van der Waals surface area (Å²) >= 11 is 0. The fourth-order valence-corrected chi connectivity index (χ4v) is 0.823. The molecule has 1 aromatic heterocycles. The summed E-state index contributed by atoms with van der Waals surface area (Å²) < 4.78 is 0. The topological polar surface area (TPSA) is 109 Å². The molecule has 0 bridgehead atoms. The third-order valence-electron chi connectivity index (χ3n) is 1.46. The van der Waals surface area contributed by atoms with Gasteiger partial charge in [0.25, 0.3) is 0 Å². The molecule has 0 amide bonds. The van der Waals surface area contributed by atoms with Gasteiger partial charge in [-0.25, -0.2) is 10.8 Å². The summed E-state index contributed by atoms with van der Waals surface area (Å²) in [5.74, 6) is 10.8. The lowest BCUT2D eigenvalue weighted by molar-refractivity contribution is 0.282. The van der Waals surface area contributed by atoms with Gasteiger partial charge in [-0.05, 0) is 0 Å². The van der Waals surface area contributed by atoms with Crippen molar-refractivity contribution in [1.29, 1.82) is 0 Å². The second kappa shape index (κ2) is 3.86. The van der Waals surface area contributed by atoms with E-state index >= 15 is 0 Å². The zero-order valence-corrected chi connectivity index (χ0v) is 6.41. The molecule has 0 aliphatic rings. The molecule has 0 aromatic carbocycles. The van der Waals surface area contributed by atoms with Crippen LogP contribution in [-0.4, -0.2) is 10.1 Å². The van der Waals surface area contributed by atoms with Crippen LogP contribution in [0, 0.1) is 0 Å². The van der Waals surface area contributed by atoms with Crippen molar-refractivity contribution in [1.82, 2.24) is 4.98 Å². The van der Waals surface area contributed by atoms with Gasteiger partial charge in [-0.3, -0.25) is 5.84 Å². The number of nitrogen functional groups attached to an aromatic ring is 2. The molecule has 1 aromatic rings. The molecule has 66 valence electrons. The van der Waals surface area contributed by atoms with Crippen molar-refractivity contribution < 1.29 is 5.11 Å². The maximum absolute atomic E-state index is 8.83. The second-order valence-corrected chi connectivity index (χ2v) is 2.17. The SMILES string of the molecule is NNc1cc(NN)c(CO)cn1. The van der Waals surface area contributed by atoms with Gasteiger partial charge >= 0.3 is 0 Å². The van der Waals surface area contributed by atoms with Crippen molar-refractivity contribution in [2.24, 2.45) is 11.7 Å². The Hall–Kier alpha value is -1.37. The van der Waals surface area contributed by atoms with Gasteiger partial charge in [-0.1, -0.05) is 0 Å². The summed E-state index contributed by atoms with van der Waals surface area (Å²) in [6.45, 7) is -0.114. The number of aromatic nitrogens is 1. The lowest BCUT2D eigenvalue weighted by Crippen LogP contribution is -2.13. The Morgan fingerprint density at radius 1 is 1.42 bits per heavy atom. The van der Waals surface area contributed by atoms with Crippen molar-refractivity contribution in [3.63, 3.8) is 0 Å². The molecule has 0 unspecified atom stereocenters. The molecule has 0 radical (unpaired) electrons. The first kappa shape index (κ1) is 8.72. The van der Waals surface area contributed by atoms with Gasteiger partial charge in [0.15, 0.2) is 0 Å². The fourth-order valence-electron chi connectivity index (χ4n) is 0.823. The highest BCUT2D eigenvalue weighted by Crippen LogP contribution is 2.16. The summed E-state index contributed by atoms with van der Waals surface area (Å²) in [6.07, 6.45) is 1.49. The normalized spacial score (nSPS) is 9.58. The molecule has 0 aliphatic carbocycles. The molecule has 6 nitrogen and oxygen atoms in total. The summed E-state index contributed by atoms with van der Waals surface area (Å²) in [6, 6.07) is 1.60. The van der Waals surface area contributed by atoms with E-state index in [1.54, 1.807) is 6.07 Å². The van der Waals surface area contributed by atoms with Crippen LogP contribution in [-0.2, 0) is 6.61 Å². The molecular formula is C6H11N5O. The highest BCUT2D eigenvalue weighted by atomic mass is 16.3. The van der Waals surface area contributed by atoms with E-state index in [2.05, 4.69) is 15.8 Å². The first-order valence-corrected chi connectivity index (χ1v) is 3.34. The molecule has 0 aliphatic heterocycles. The van der Waals surface area contributed by atoms with Gasteiger partial charge < -0.3 is 16.0 Å². The van der Waals surface area contributed by atoms with E-state index in [9.17, 15) is 0 Å². The van der Waals surface area contributed by atoms with Crippen molar-refractivity contribution in [3.05, 3.63) is 17.8 Å². The van der Waals surface area contributed by atoms with Crippen LogP contribution >= 0.6 is 0 Å². The van der Waals surface area contributed by atoms with Crippen LogP contribution in [0.25, 0.3) is 0 Å². The van der Waals surface area contributed by atoms with Crippen LogP contribution < -0.4 is 22.5 Å². The Balaban J connectivity index is 3.02. The Morgan fingerprint density at radius 2 is 2.17 bits per heavy atom. The van der Waals surface area contributed by atoms with Gasteiger partial charge in [0.1, 0.15) is 5.82 Å². The maximum atomic E-state index is 8.83. The number of nitrogens with two attached hydrogens (primary N) is 2. The largest absolute Gasteiger partial charge is 0.392 e. The van der Waals surface area contributed by atoms with E-state index < -0.39 is 0 Å². The Kier molecular flexibility index (Phi) is 2.81. The first-order valence-electron chi connectivity index (χ1n) is 3.34. The zero-order chi connectivity index (χ0) is 8.97. The minimum atomic E-state index is -0.114. The van der Waals surface area contributed by atoms with Crippen molar-refractivity contribution in [2.75, 3.05) is 10.9 Å². The molecule has 0 saturated heterocycles. The van der Waals surface area contributed by atoms with Gasteiger partial charge in [-0.15, -0.1) is 0 Å². The van der Waals surface area contributed by atoms with Gasteiger partial charge in [0.05, 0.1) is 12.3 Å². The number of hydrogen-bond donors (Lipinski definition) is 5. The number of nitrogens with one attached hydrogen (secondary N) is 2. The zero-order valence-electron chi connectivity index (χ0n) is 6.41. The Labute approximate surface area is 69.5 Å². The van der Waals surface area contributed by atoms with Crippen LogP contribution in [0.3, 0.4) is 0 Å². The molecular weight excluding hydrogens is 158 g/mol. The van der Waals surface area contributed by atoms with E-state index in [-0.39, 0.29) is 6.61 Å². The van der Waals surface area contributed by atoms with E-state index in [1.807, 2.05) is 0 Å². The number of anilines is 2. The molecule has 7 N–H and O–H groups in total. The second-order valence-electron chi connectivity index (χ2n) is 2.17. The maximum Gasteiger partial charge on any atom is 0.142 e. The number of hydrogen-bond acceptors (Lipinski definition) is 6. The van der Waals surface area contributed by atoms with E-state index in [0.29, 0.717) is 17.1 Å². The molecule has 12 heavy (non-hydrogen) atoms. The highest BCUT2D eigenvalue weighted by Gasteiger charge is 2.01. The average molecular weight is 169 g/mol. The minimum absolute atomic E-state index is 0.114. The van der Waals surface area contributed by atoms with Gasteiger partial charge in [-0.2, -0.15) is 0 Å². The lowest BCUT2D eigenvalue weighted by atomic mass is 10.2. The Morgan fingerprint density at radius 3 is 2.67 bits per heavy atom. The smallest absolute Gasteiger partial charge is 0.142 e. The van der Waals surface area contributed by atoms with Crippen molar-refractivity contribution in [2.45, 2.75) is 6.61 Å². The standard InChI is InChI=1S/C6H11N5O/c7-10-5-1-6(11-8)9-2-4(5)3-12/h1-2,12H,3,7-8H2,(H2,9,10,11). The average Bonchev–Trinajstić information content (AvgIpc) is 2.16. The van der Waals surface area contributed by atoms with Crippen LogP contribution in [0.1, 0.15) is 5.56 Å². The number of pyridine rings is 1. The van der Waals surface area contributed by atoms with Crippen LogP contribution in [0.15, 0.2) is 12.3 Å². The first-order chi connectivity index (χ1) is 5.81. The number of hydrazine groups is 2. The van der Waals surface area contributed by atoms with Gasteiger partial charge in [0, 0.05) is 17.8 Å². The van der Waals surface area contributed by atoms with Crippen LogP contribution in [0.4, 0.5) is 11.5 Å². The molecule has 1 heterocycles. The van der Waals surface area contributed by atoms with E-state index in [4.69, 9.17) is 16.8 Å². The molecule has 0 saturated carbocycles. The van der Waals surface area contributed by atoms with Crippen molar-refractivity contribution >= 4 is 11.5 Å². The van der Waals surface area contributed by atoms with Crippen LogP contribution in [0.2, 0.25) is 0 Å². The summed E-state index contributed by atoms with van der Waals surface area (Å²) in [5, 5.41) is 8.83. The number of rotatable bonds is 3. The molecule has 0 fully saturated rings. The summed E-state index contributed by atoms with van der Waals surface area (Å²) in [7, 11) is 0. The molecule has 0 atom stereocenters. The van der Waals surface area contributed by atoms with Crippen molar-refractivity contribution in [3.8, 4) is 0 Å². The summed E-state index contributed by atoms with van der Waals surface area (Å²) in [5.41, 5.74) is 6.01. The monoisotopic (exact) mass is 169 g/mol. The predicted octanol–water partition coefficient (Wildman–Crippen LogP) is -0.855. The number of nitrogens with zero attached hydrogens (tertiary/aromatic N) is 1. The lowest BCUT2D eigenvalue weighted by Gasteiger charge is -2.07. The Bertz CT molecular complexity index is 264. The number of aliphatic hydroxyl groups excluding tert-OH is 1. The molecule has 6 heteroatoms. The molecule has 0 spiro atoms. The minimum Gasteiger partial charge on any atom is -0.392 e. The van der Waals surface area contributed by atoms with Gasteiger partial charge in [0.2, 0.25) is 0 Å². The van der Waals surface area contributed by atoms with E-state index in [1.165, 1.54) is 6.20 Å². The highest BCUT2D eigenvalue weighted by molar-refractivity contribution is 5.55. The predicted molar refractivity (Wildman–Crippen MR) is 45.8 cm³/mol. The quantitative estimate of drug-likeness (QED) is 0.298. The summed E-state index contributed by atoms with van der Waals surface area (Å²) in [4.78, 5) is 3.88. The van der Waals surface area contributed by atoms with Crippen LogP contribution in [0.5, 0.6) is 0 Å². The molecule has 1 rings (SSSR count). The third kappa shape index (κ3) is 1.62.